The van der Waals surface area contributed by atoms with Crippen LogP contribution in [0.1, 0.15) is 19.3 Å². The van der Waals surface area contributed by atoms with Crippen LogP contribution in [0.4, 0.5) is 0 Å². The van der Waals surface area contributed by atoms with Crippen LogP contribution >= 0.6 is 0 Å². The van der Waals surface area contributed by atoms with Gasteiger partial charge < -0.3 is 6.92 Å². The summed E-state index contributed by atoms with van der Waals surface area (Å²) in [5.74, 6) is 0.204. The largest absolute Gasteiger partial charge is 0.343 e. The maximum absolute atomic E-state index is 10.3. The van der Waals surface area contributed by atoms with Crippen molar-refractivity contribution in [1.29, 1.82) is 0 Å². The van der Waals surface area contributed by atoms with Crippen molar-refractivity contribution in [2.24, 2.45) is 0 Å². The number of carbonyl (C=O) groups excluding carboxylic acids is 1. The molecule has 0 saturated heterocycles. The van der Waals surface area contributed by atoms with Crippen LogP contribution in [0.15, 0.2) is 0 Å². The fourth-order valence-electron chi connectivity index (χ4n) is 0.322. The van der Waals surface area contributed by atoms with Crippen molar-refractivity contribution in [2.45, 2.75) is 19.3 Å². The van der Waals surface area contributed by atoms with Crippen LogP contribution < -0.4 is 0 Å². The summed E-state index contributed by atoms with van der Waals surface area (Å²) in [6.07, 6.45) is 1.70. The topological polar surface area (TPSA) is 17.1 Å². The van der Waals surface area contributed by atoms with Gasteiger partial charge >= 0.3 is 0 Å². The third-order valence-electron chi connectivity index (χ3n) is 0.734. The van der Waals surface area contributed by atoms with E-state index in [1.54, 1.807) is 0 Å². The molecule has 0 fully saturated rings. The Morgan fingerprint density at radius 2 is 2.29 bits per heavy atom. The maximum Gasteiger partial charge on any atom is 0.174 e. The lowest BCUT2D eigenvalue weighted by atomic mass is 10.2. The molecule has 0 heterocycles. The molecule has 0 aromatic carbocycles. The van der Waals surface area contributed by atoms with Crippen LogP contribution in [0, 0.1) is 13.8 Å². The molecule has 0 radical (unpaired) electrons. The van der Waals surface area contributed by atoms with E-state index < -0.39 is 0 Å². The van der Waals surface area contributed by atoms with Crippen molar-refractivity contribution in [3.63, 3.8) is 0 Å². The van der Waals surface area contributed by atoms with Crippen molar-refractivity contribution in [3.05, 3.63) is 13.8 Å². The van der Waals surface area contributed by atoms with Crippen LogP contribution in [0.3, 0.4) is 0 Å². The van der Waals surface area contributed by atoms with Gasteiger partial charge in [0.2, 0.25) is 0 Å². The first-order valence-corrected chi connectivity index (χ1v) is 2.41. The summed E-state index contributed by atoms with van der Waals surface area (Å²) in [4.78, 5) is 10.3. The van der Waals surface area contributed by atoms with Crippen LogP contribution in [0.5, 0.6) is 0 Å². The minimum Gasteiger partial charge on any atom is -0.343 e. The highest BCUT2D eigenvalue weighted by atomic mass is 16.1. The van der Waals surface area contributed by atoms with Gasteiger partial charge in [0.05, 0.1) is 6.92 Å². The van der Waals surface area contributed by atoms with E-state index >= 15 is 0 Å². The normalized spacial score (nSPS) is 8.71. The van der Waals surface area contributed by atoms with Crippen LogP contribution in [-0.2, 0) is 4.79 Å². The molecule has 0 N–H and O–H groups in total. The minimum atomic E-state index is 0.204. The number of rotatable bonds is 3. The Bertz CT molecular complexity index is 57.2. The van der Waals surface area contributed by atoms with E-state index in [0.29, 0.717) is 19.3 Å². The van der Waals surface area contributed by atoms with Gasteiger partial charge in [-0.2, -0.15) is 6.42 Å². The quantitative estimate of drug-likeness (QED) is 0.487. The summed E-state index contributed by atoms with van der Waals surface area (Å²) in [6.45, 7) is 6.95. The van der Waals surface area contributed by atoms with Gasteiger partial charge in [-0.1, -0.05) is 0 Å². The Balaban J connectivity index is 3.00. The number of hydrogen-bond donors (Lipinski definition) is 0. The molecular formula is C6H10O. The number of hydrogen-bond acceptors (Lipinski definition) is 1. The van der Waals surface area contributed by atoms with E-state index in [1.807, 2.05) is 0 Å². The third-order valence-corrected chi connectivity index (χ3v) is 0.734. The smallest absolute Gasteiger partial charge is 0.174 e. The molecule has 0 atom stereocenters. The first-order chi connectivity index (χ1) is 3.31. The lowest BCUT2D eigenvalue weighted by molar-refractivity contribution is -0.118. The van der Waals surface area contributed by atoms with E-state index in [0.717, 1.165) is 0 Å². The predicted molar refractivity (Wildman–Crippen MR) is 29.6 cm³/mol. The lowest BCUT2D eigenvalue weighted by Gasteiger charge is -1.88. The number of carbonyl (C=O) groups is 1. The monoisotopic (exact) mass is 98.1 g/mol. The minimum absolute atomic E-state index is 0.204. The van der Waals surface area contributed by atoms with E-state index in [4.69, 9.17) is 0 Å². The predicted octanol–water partition coefficient (Wildman–Crippen LogP) is 1.39. The first kappa shape index (κ1) is 6.54. The molecule has 0 spiro atoms. The molecule has 0 unspecified atom stereocenters. The number of Topliss-reactive ketones (excluding diaryl/α,β-unsaturated/α-hetero) is 1. The average Bonchev–Trinajstić information content (AvgIpc) is 1.68. The molecule has 0 saturated carbocycles. The average molecular weight is 98.1 g/mol. The zero-order valence-corrected chi connectivity index (χ0v) is 4.44. The molecule has 40 valence electrons. The van der Waals surface area contributed by atoms with Gasteiger partial charge in [0, 0.05) is 0 Å². The summed E-state index contributed by atoms with van der Waals surface area (Å²) in [7, 11) is 0. The highest BCUT2D eigenvalue weighted by molar-refractivity contribution is 5.78. The maximum atomic E-state index is 10.3. The molecular weight excluding hydrogens is 88.1 g/mol. The molecule has 0 amide bonds. The van der Waals surface area contributed by atoms with Crippen molar-refractivity contribution in [2.75, 3.05) is 0 Å². The van der Waals surface area contributed by atoms with Gasteiger partial charge in [0.1, 0.15) is 6.42 Å². The molecule has 0 bridgehead atoms. The van der Waals surface area contributed by atoms with E-state index in [1.165, 1.54) is 0 Å². The summed E-state index contributed by atoms with van der Waals surface area (Å²) < 4.78 is 0. The molecule has 1 heteroatoms. The molecule has 0 aromatic rings. The summed E-state index contributed by atoms with van der Waals surface area (Å²) >= 11 is 0. The highest BCUT2D eigenvalue weighted by Crippen LogP contribution is 1.90. The Morgan fingerprint density at radius 1 is 1.71 bits per heavy atom. The summed E-state index contributed by atoms with van der Waals surface area (Å²) in [5, 5.41) is 0. The highest BCUT2D eigenvalue weighted by Gasteiger charge is 1.94. The Morgan fingerprint density at radius 3 is 2.43 bits per heavy atom. The summed E-state index contributed by atoms with van der Waals surface area (Å²) in [5.41, 5.74) is 0. The standard InChI is InChI=1S/C6H10O/c1-3-5-6(7)4-2/h1-5H2. The van der Waals surface area contributed by atoms with Crippen molar-refractivity contribution in [1.82, 2.24) is 0 Å². The molecule has 7 heavy (non-hydrogen) atoms. The SMILES string of the molecule is [CH2+]CC(=O)CC[CH2-]. The Hall–Kier alpha value is -0.460. The van der Waals surface area contributed by atoms with Crippen molar-refractivity contribution < 1.29 is 4.79 Å². The second-order valence-corrected chi connectivity index (χ2v) is 1.39. The second kappa shape index (κ2) is 3.72. The molecule has 1 nitrogen and oxygen atoms in total. The van der Waals surface area contributed by atoms with Crippen molar-refractivity contribution >= 4 is 5.78 Å². The molecule has 0 aromatic heterocycles. The van der Waals surface area contributed by atoms with Gasteiger partial charge in [-0.3, -0.25) is 4.79 Å². The van der Waals surface area contributed by atoms with Gasteiger partial charge in [-0.05, 0) is 6.42 Å². The molecule has 0 aliphatic rings. The van der Waals surface area contributed by atoms with Gasteiger partial charge in [-0.25, -0.2) is 0 Å². The fourth-order valence-corrected chi connectivity index (χ4v) is 0.322. The molecule has 0 rings (SSSR count). The number of ketones is 1. The zero-order chi connectivity index (χ0) is 5.70. The molecule has 0 aliphatic carbocycles. The van der Waals surface area contributed by atoms with E-state index in [-0.39, 0.29) is 5.78 Å². The second-order valence-electron chi connectivity index (χ2n) is 1.39. The Labute approximate surface area is 44.7 Å². The molecule has 0 aliphatic heterocycles. The van der Waals surface area contributed by atoms with Gasteiger partial charge in [-0.15, -0.1) is 0 Å². The van der Waals surface area contributed by atoms with E-state index in [9.17, 15) is 4.79 Å². The van der Waals surface area contributed by atoms with Gasteiger partial charge in [0.15, 0.2) is 5.78 Å². The fraction of sp³-hybridized carbons (Fsp3) is 0.500. The van der Waals surface area contributed by atoms with Gasteiger partial charge in [0.25, 0.3) is 0 Å². The van der Waals surface area contributed by atoms with Crippen molar-refractivity contribution in [3.8, 4) is 0 Å². The van der Waals surface area contributed by atoms with E-state index in [2.05, 4.69) is 13.8 Å². The first-order valence-electron chi connectivity index (χ1n) is 2.41. The van der Waals surface area contributed by atoms with Crippen LogP contribution in [0.2, 0.25) is 0 Å². The summed E-state index contributed by atoms with van der Waals surface area (Å²) in [6, 6.07) is 0. The zero-order valence-electron chi connectivity index (χ0n) is 4.44. The third kappa shape index (κ3) is 3.37. The lowest BCUT2D eigenvalue weighted by Crippen LogP contribution is -1.91. The van der Waals surface area contributed by atoms with Crippen LogP contribution in [-0.4, -0.2) is 5.78 Å². The Kier molecular flexibility index (Phi) is 3.48. The van der Waals surface area contributed by atoms with Crippen LogP contribution in [0.25, 0.3) is 0 Å².